The predicted molar refractivity (Wildman–Crippen MR) is 67.6 cm³/mol. The largest absolute Gasteiger partial charge is 0.357 e. The van der Waals surface area contributed by atoms with Gasteiger partial charge in [-0.25, -0.2) is 0 Å². The maximum absolute atomic E-state index is 2.45. The molecule has 1 aliphatic heterocycles. The lowest BCUT2D eigenvalue weighted by molar-refractivity contribution is 1.04. The van der Waals surface area contributed by atoms with E-state index in [-0.39, 0.29) is 0 Å². The van der Waals surface area contributed by atoms with E-state index in [1.54, 1.807) is 0 Å². The van der Waals surface area contributed by atoms with E-state index >= 15 is 0 Å². The molecular weight excluding hydrogens is 194 g/mol. The summed E-state index contributed by atoms with van der Waals surface area (Å²) in [6.45, 7) is 2.28. The first-order chi connectivity index (χ1) is 7.88. The third-order valence-corrected chi connectivity index (χ3v) is 3.30. The maximum atomic E-state index is 2.45. The van der Waals surface area contributed by atoms with E-state index in [9.17, 15) is 0 Å². The number of rotatable bonds is 2. The SMILES string of the molecule is C[C@H]1[C@@H](c2ccccc2)N1c1ccccc1. The molecule has 0 aliphatic carbocycles. The second kappa shape index (κ2) is 3.67. The summed E-state index contributed by atoms with van der Waals surface area (Å²) >= 11 is 0. The van der Waals surface area contributed by atoms with Crippen LogP contribution in [0, 0.1) is 0 Å². The second-order valence-electron chi connectivity index (χ2n) is 4.34. The van der Waals surface area contributed by atoms with Crippen molar-refractivity contribution in [2.45, 2.75) is 19.0 Å². The van der Waals surface area contributed by atoms with E-state index in [2.05, 4.69) is 72.5 Å². The Kier molecular flexibility index (Phi) is 2.17. The molecule has 0 aromatic heterocycles. The van der Waals surface area contributed by atoms with Crippen LogP contribution in [0.3, 0.4) is 0 Å². The molecule has 1 saturated heterocycles. The third kappa shape index (κ3) is 1.49. The smallest absolute Gasteiger partial charge is 0.0747 e. The van der Waals surface area contributed by atoms with Crippen LogP contribution in [0.4, 0.5) is 5.69 Å². The number of hydrogen-bond donors (Lipinski definition) is 0. The monoisotopic (exact) mass is 209 g/mol. The molecule has 0 saturated carbocycles. The highest BCUT2D eigenvalue weighted by atomic mass is 15.3. The predicted octanol–water partition coefficient (Wildman–Crippen LogP) is 3.64. The van der Waals surface area contributed by atoms with Crippen LogP contribution < -0.4 is 4.90 Å². The van der Waals surface area contributed by atoms with Gasteiger partial charge in [0.05, 0.1) is 12.1 Å². The second-order valence-corrected chi connectivity index (χ2v) is 4.34. The minimum absolute atomic E-state index is 0.559. The first kappa shape index (κ1) is 9.46. The van der Waals surface area contributed by atoms with Crippen molar-refractivity contribution in [3.05, 3.63) is 66.2 Å². The molecule has 16 heavy (non-hydrogen) atoms. The van der Waals surface area contributed by atoms with E-state index in [1.807, 2.05) is 0 Å². The molecule has 1 heterocycles. The molecule has 1 nitrogen and oxygen atoms in total. The van der Waals surface area contributed by atoms with Gasteiger partial charge in [0.2, 0.25) is 0 Å². The van der Waals surface area contributed by atoms with Crippen LogP contribution in [0.2, 0.25) is 0 Å². The van der Waals surface area contributed by atoms with E-state index in [1.165, 1.54) is 11.3 Å². The van der Waals surface area contributed by atoms with Gasteiger partial charge < -0.3 is 4.90 Å². The van der Waals surface area contributed by atoms with Gasteiger partial charge in [-0.2, -0.15) is 0 Å². The molecule has 1 fully saturated rings. The fraction of sp³-hybridized carbons (Fsp3) is 0.200. The fourth-order valence-electron chi connectivity index (χ4n) is 2.43. The summed E-state index contributed by atoms with van der Waals surface area (Å²) in [6.07, 6.45) is 0. The lowest BCUT2D eigenvalue weighted by Crippen LogP contribution is -1.95. The molecule has 3 rings (SSSR count). The summed E-state index contributed by atoms with van der Waals surface area (Å²) < 4.78 is 0. The average molecular weight is 209 g/mol. The molecule has 1 aliphatic rings. The Balaban J connectivity index is 1.87. The summed E-state index contributed by atoms with van der Waals surface area (Å²) in [7, 11) is 0. The highest BCUT2D eigenvalue weighted by molar-refractivity contribution is 5.58. The quantitative estimate of drug-likeness (QED) is 0.682. The van der Waals surface area contributed by atoms with Crippen molar-refractivity contribution in [2.24, 2.45) is 0 Å². The lowest BCUT2D eigenvalue weighted by atomic mass is 10.1. The van der Waals surface area contributed by atoms with Gasteiger partial charge in [0.25, 0.3) is 0 Å². The zero-order valence-electron chi connectivity index (χ0n) is 9.38. The van der Waals surface area contributed by atoms with Crippen LogP contribution in [0.25, 0.3) is 0 Å². The maximum Gasteiger partial charge on any atom is 0.0747 e. The standard InChI is InChI=1S/C15H15N/c1-12-15(13-8-4-2-5-9-13)16(12)14-10-6-3-7-11-14/h2-12,15H,1H3/t12-,15-,16?/m0/s1. The van der Waals surface area contributed by atoms with Crippen molar-refractivity contribution in [1.29, 1.82) is 0 Å². The molecule has 0 unspecified atom stereocenters. The summed E-state index contributed by atoms with van der Waals surface area (Å²) in [4.78, 5) is 2.45. The summed E-state index contributed by atoms with van der Waals surface area (Å²) in [6, 6.07) is 22.5. The molecule has 0 radical (unpaired) electrons. The van der Waals surface area contributed by atoms with Gasteiger partial charge in [0.1, 0.15) is 0 Å². The highest BCUT2D eigenvalue weighted by Gasteiger charge is 2.44. The Bertz CT molecular complexity index is 418. The molecule has 0 N–H and O–H groups in total. The minimum atomic E-state index is 0.559. The average Bonchev–Trinajstić information content (AvgIpc) is 3.03. The number of para-hydroxylation sites is 1. The first-order valence-corrected chi connectivity index (χ1v) is 5.76. The summed E-state index contributed by atoms with van der Waals surface area (Å²) in [5.74, 6) is 0. The van der Waals surface area contributed by atoms with Crippen LogP contribution in [0.5, 0.6) is 0 Å². The Morgan fingerprint density at radius 1 is 0.812 bits per heavy atom. The molecule has 0 spiro atoms. The van der Waals surface area contributed by atoms with E-state index in [4.69, 9.17) is 0 Å². The van der Waals surface area contributed by atoms with Gasteiger partial charge in [0.15, 0.2) is 0 Å². The highest BCUT2D eigenvalue weighted by Crippen LogP contribution is 2.46. The Labute approximate surface area is 96.3 Å². The van der Waals surface area contributed by atoms with Gasteiger partial charge in [-0.15, -0.1) is 0 Å². The summed E-state index contributed by atoms with van der Waals surface area (Å²) in [5, 5.41) is 0. The van der Waals surface area contributed by atoms with E-state index < -0.39 is 0 Å². The molecular formula is C15H15N. The van der Waals surface area contributed by atoms with Gasteiger partial charge in [-0.3, -0.25) is 0 Å². The molecule has 0 bridgehead atoms. The van der Waals surface area contributed by atoms with Crippen molar-refractivity contribution >= 4 is 5.69 Å². The minimum Gasteiger partial charge on any atom is -0.357 e. The van der Waals surface area contributed by atoms with Crippen molar-refractivity contribution in [3.63, 3.8) is 0 Å². The van der Waals surface area contributed by atoms with Crippen LogP contribution in [-0.2, 0) is 0 Å². The van der Waals surface area contributed by atoms with Crippen molar-refractivity contribution in [1.82, 2.24) is 0 Å². The zero-order chi connectivity index (χ0) is 11.0. The van der Waals surface area contributed by atoms with Gasteiger partial charge >= 0.3 is 0 Å². The topological polar surface area (TPSA) is 3.01 Å². The number of nitrogens with zero attached hydrogens (tertiary/aromatic N) is 1. The Morgan fingerprint density at radius 2 is 1.38 bits per heavy atom. The molecule has 2 aromatic carbocycles. The van der Waals surface area contributed by atoms with Crippen LogP contribution in [-0.4, -0.2) is 6.04 Å². The van der Waals surface area contributed by atoms with E-state index in [0.717, 1.165) is 0 Å². The molecule has 2 aromatic rings. The molecule has 1 heteroatoms. The van der Waals surface area contributed by atoms with E-state index in [0.29, 0.717) is 12.1 Å². The van der Waals surface area contributed by atoms with Crippen molar-refractivity contribution in [3.8, 4) is 0 Å². The van der Waals surface area contributed by atoms with Gasteiger partial charge in [-0.1, -0.05) is 48.5 Å². The van der Waals surface area contributed by atoms with Crippen molar-refractivity contribution < 1.29 is 0 Å². The molecule has 2 atom stereocenters. The number of anilines is 1. The Hall–Kier alpha value is -1.76. The van der Waals surface area contributed by atoms with Gasteiger partial charge in [0, 0.05) is 5.69 Å². The summed E-state index contributed by atoms with van der Waals surface area (Å²) in [5.41, 5.74) is 2.74. The number of hydrogen-bond acceptors (Lipinski definition) is 1. The zero-order valence-corrected chi connectivity index (χ0v) is 9.38. The lowest BCUT2D eigenvalue weighted by Gasteiger charge is -2.05. The number of benzene rings is 2. The third-order valence-electron chi connectivity index (χ3n) is 3.30. The van der Waals surface area contributed by atoms with Crippen LogP contribution in [0.15, 0.2) is 60.7 Å². The van der Waals surface area contributed by atoms with Crippen molar-refractivity contribution in [2.75, 3.05) is 4.90 Å². The molecule has 80 valence electrons. The first-order valence-electron chi connectivity index (χ1n) is 5.76. The molecule has 0 amide bonds. The van der Waals surface area contributed by atoms with Crippen LogP contribution in [0.1, 0.15) is 18.5 Å². The van der Waals surface area contributed by atoms with Gasteiger partial charge in [-0.05, 0) is 24.6 Å². The van der Waals surface area contributed by atoms with Crippen LogP contribution >= 0.6 is 0 Å². The fourth-order valence-corrected chi connectivity index (χ4v) is 2.43. The Morgan fingerprint density at radius 3 is 2.00 bits per heavy atom. The normalized spacial score (nSPS) is 23.2.